The number of nitriles is 1. The Morgan fingerprint density at radius 3 is 2.62 bits per heavy atom. The van der Waals surface area contributed by atoms with Gasteiger partial charge in [0.15, 0.2) is 0 Å². The van der Waals surface area contributed by atoms with Crippen LogP contribution >= 0.6 is 0 Å². The Labute approximate surface area is 185 Å². The van der Waals surface area contributed by atoms with Crippen molar-refractivity contribution in [3.05, 3.63) is 87.6 Å². The van der Waals surface area contributed by atoms with Crippen molar-refractivity contribution in [3.8, 4) is 17.7 Å². The van der Waals surface area contributed by atoms with E-state index in [-0.39, 0.29) is 17.5 Å². The number of pyridine rings is 1. The van der Waals surface area contributed by atoms with Gasteiger partial charge in [0.05, 0.1) is 16.4 Å². The van der Waals surface area contributed by atoms with Crippen molar-refractivity contribution in [1.29, 1.82) is 5.26 Å². The van der Waals surface area contributed by atoms with Gasteiger partial charge in [-0.3, -0.25) is 14.9 Å². The maximum atomic E-state index is 12.8. The van der Waals surface area contributed by atoms with E-state index < -0.39 is 10.3 Å². The van der Waals surface area contributed by atoms with Crippen molar-refractivity contribution in [2.75, 3.05) is 5.32 Å². The van der Waals surface area contributed by atoms with Gasteiger partial charge in [0, 0.05) is 29.4 Å². The van der Waals surface area contributed by atoms with Crippen LogP contribution in [0.15, 0.2) is 60.8 Å². The van der Waals surface area contributed by atoms with Crippen LogP contribution in [0.2, 0.25) is 0 Å². The molecule has 1 aromatic heterocycles. The van der Waals surface area contributed by atoms with Crippen LogP contribution in [0, 0.1) is 21.4 Å². The molecule has 0 bridgehead atoms. The van der Waals surface area contributed by atoms with Gasteiger partial charge in [0.1, 0.15) is 11.9 Å². The molecule has 0 atom stereocenters. The van der Waals surface area contributed by atoms with Gasteiger partial charge in [0.25, 0.3) is 11.6 Å². The molecule has 162 valence electrons. The van der Waals surface area contributed by atoms with Gasteiger partial charge in [-0.15, -0.1) is 0 Å². The number of benzene rings is 2. The van der Waals surface area contributed by atoms with Gasteiger partial charge in [-0.1, -0.05) is 25.1 Å². The molecular weight excluding hydrogens is 408 g/mol. The summed E-state index contributed by atoms with van der Waals surface area (Å²) >= 11 is 0. The summed E-state index contributed by atoms with van der Waals surface area (Å²) in [6.07, 6.45) is 1.81. The number of nitro groups is 1. The number of hydrogen-bond acceptors (Lipinski definition) is 6. The monoisotopic (exact) mass is 430 g/mol. The first kappa shape index (κ1) is 22.4. The molecule has 0 radical (unpaired) electrons. The second-order valence-electron chi connectivity index (χ2n) is 7.66. The minimum Gasteiger partial charge on any atom is -0.439 e. The lowest BCUT2D eigenvalue weighted by atomic mass is 9.85. The average Bonchev–Trinajstić information content (AvgIpc) is 2.79. The molecule has 3 aromatic rings. The summed E-state index contributed by atoms with van der Waals surface area (Å²) in [5.74, 6) is 0.385. The zero-order valence-electron chi connectivity index (χ0n) is 18.0. The van der Waals surface area contributed by atoms with Crippen molar-refractivity contribution in [2.45, 2.75) is 32.6 Å². The number of aryl methyl sites for hydroxylation is 1. The summed E-state index contributed by atoms with van der Waals surface area (Å²) in [6.45, 7) is 5.55. The van der Waals surface area contributed by atoms with Gasteiger partial charge in [-0.05, 0) is 49.6 Å². The maximum Gasteiger partial charge on any atom is 0.287 e. The summed E-state index contributed by atoms with van der Waals surface area (Å²) < 4.78 is 5.82. The Hall–Kier alpha value is -4.25. The zero-order chi connectivity index (χ0) is 23.3. The maximum absolute atomic E-state index is 12.8. The first-order valence-electron chi connectivity index (χ1n) is 9.98. The number of nitrogens with zero attached hydrogens (tertiary/aromatic N) is 3. The molecule has 0 unspecified atom stereocenters. The quantitative estimate of drug-likeness (QED) is 0.396. The van der Waals surface area contributed by atoms with Gasteiger partial charge < -0.3 is 10.1 Å². The molecule has 0 saturated carbocycles. The number of anilines is 1. The molecule has 1 amide bonds. The number of hydrogen-bond donors (Lipinski definition) is 1. The number of rotatable bonds is 7. The molecule has 0 spiro atoms. The molecule has 8 heteroatoms. The molecule has 8 nitrogen and oxygen atoms in total. The molecule has 0 fully saturated rings. The third-order valence-corrected chi connectivity index (χ3v) is 4.98. The van der Waals surface area contributed by atoms with Crippen molar-refractivity contribution < 1.29 is 14.5 Å². The number of carbonyl (C=O) groups excluding carboxylic acids is 1. The average molecular weight is 430 g/mol. The smallest absolute Gasteiger partial charge is 0.287 e. The molecule has 1 heterocycles. The standard InChI is InChI=1S/C24H22N4O4/c1-4-16-8-9-19(13-21(16)32-22-11-10-20(14-26-22)28(30)31)27-23(29)17-6-5-7-18(12-17)24(2,3)15-25/h5-14H,4H2,1-3H3,(H,27,29). The van der Waals surface area contributed by atoms with E-state index in [0.717, 1.165) is 17.3 Å². The predicted molar refractivity (Wildman–Crippen MR) is 120 cm³/mol. The Bertz CT molecular complexity index is 1200. The second kappa shape index (κ2) is 9.27. The van der Waals surface area contributed by atoms with Crippen LogP contribution in [0.1, 0.15) is 42.3 Å². The highest BCUT2D eigenvalue weighted by molar-refractivity contribution is 6.04. The van der Waals surface area contributed by atoms with E-state index in [2.05, 4.69) is 16.4 Å². The fourth-order valence-electron chi connectivity index (χ4n) is 2.99. The van der Waals surface area contributed by atoms with Gasteiger partial charge >= 0.3 is 0 Å². The Balaban J connectivity index is 1.82. The van der Waals surface area contributed by atoms with Gasteiger partial charge in [-0.25, -0.2) is 4.98 Å². The third kappa shape index (κ3) is 5.08. The van der Waals surface area contributed by atoms with E-state index in [1.54, 1.807) is 44.2 Å². The molecule has 1 N–H and O–H groups in total. The first-order chi connectivity index (χ1) is 15.2. The SMILES string of the molecule is CCc1ccc(NC(=O)c2cccc(C(C)(C)C#N)c2)cc1Oc1ccc([N+](=O)[O-])cn1. The van der Waals surface area contributed by atoms with E-state index in [9.17, 15) is 20.2 Å². The summed E-state index contributed by atoms with van der Waals surface area (Å²) in [6, 6.07) is 17.2. The summed E-state index contributed by atoms with van der Waals surface area (Å²) in [4.78, 5) is 27.0. The molecule has 3 rings (SSSR count). The van der Waals surface area contributed by atoms with E-state index in [1.165, 1.54) is 12.1 Å². The van der Waals surface area contributed by atoms with E-state index in [1.807, 2.05) is 19.1 Å². The van der Waals surface area contributed by atoms with Crippen LogP contribution in [0.25, 0.3) is 0 Å². The molecular formula is C24H22N4O4. The predicted octanol–water partition coefficient (Wildman–Crippen LogP) is 5.40. The number of amides is 1. The highest BCUT2D eigenvalue weighted by Crippen LogP contribution is 2.29. The Morgan fingerprint density at radius 1 is 1.22 bits per heavy atom. The molecule has 0 aliphatic heterocycles. The van der Waals surface area contributed by atoms with E-state index >= 15 is 0 Å². The lowest BCUT2D eigenvalue weighted by Gasteiger charge is -2.17. The summed E-state index contributed by atoms with van der Waals surface area (Å²) in [5.41, 5.74) is 1.76. The van der Waals surface area contributed by atoms with E-state index in [4.69, 9.17) is 4.74 Å². The summed E-state index contributed by atoms with van der Waals surface area (Å²) in [7, 11) is 0. The van der Waals surface area contributed by atoms with Crippen LogP contribution in [-0.2, 0) is 11.8 Å². The zero-order valence-corrected chi connectivity index (χ0v) is 18.0. The van der Waals surface area contributed by atoms with Crippen molar-refractivity contribution in [2.24, 2.45) is 0 Å². The lowest BCUT2D eigenvalue weighted by molar-refractivity contribution is -0.385. The molecule has 0 saturated heterocycles. The normalized spacial score (nSPS) is 10.8. The molecule has 0 aliphatic rings. The largest absolute Gasteiger partial charge is 0.439 e. The van der Waals surface area contributed by atoms with Crippen LogP contribution in [0.4, 0.5) is 11.4 Å². The van der Waals surface area contributed by atoms with Crippen molar-refractivity contribution in [3.63, 3.8) is 0 Å². The highest BCUT2D eigenvalue weighted by atomic mass is 16.6. The lowest BCUT2D eigenvalue weighted by Crippen LogP contribution is -2.17. The van der Waals surface area contributed by atoms with Gasteiger partial charge in [-0.2, -0.15) is 5.26 Å². The van der Waals surface area contributed by atoms with Crippen LogP contribution in [0.3, 0.4) is 0 Å². The Kier molecular flexibility index (Phi) is 6.50. The summed E-state index contributed by atoms with van der Waals surface area (Å²) in [5, 5.41) is 23.0. The van der Waals surface area contributed by atoms with Crippen LogP contribution in [-0.4, -0.2) is 15.8 Å². The molecule has 0 aliphatic carbocycles. The Morgan fingerprint density at radius 2 is 2.00 bits per heavy atom. The number of carbonyl (C=O) groups is 1. The molecule has 2 aromatic carbocycles. The number of ether oxygens (including phenoxy) is 1. The highest BCUT2D eigenvalue weighted by Gasteiger charge is 2.21. The van der Waals surface area contributed by atoms with E-state index in [0.29, 0.717) is 23.4 Å². The van der Waals surface area contributed by atoms with Gasteiger partial charge in [0.2, 0.25) is 5.88 Å². The van der Waals surface area contributed by atoms with Crippen LogP contribution < -0.4 is 10.1 Å². The van der Waals surface area contributed by atoms with Crippen LogP contribution in [0.5, 0.6) is 11.6 Å². The fourth-order valence-corrected chi connectivity index (χ4v) is 2.99. The topological polar surface area (TPSA) is 118 Å². The number of nitrogens with one attached hydrogen (secondary N) is 1. The second-order valence-corrected chi connectivity index (χ2v) is 7.66. The molecule has 32 heavy (non-hydrogen) atoms. The third-order valence-electron chi connectivity index (χ3n) is 4.98. The minimum atomic E-state index is -0.710. The number of aromatic nitrogens is 1. The van der Waals surface area contributed by atoms with Crippen molar-refractivity contribution in [1.82, 2.24) is 4.98 Å². The minimum absolute atomic E-state index is 0.129. The van der Waals surface area contributed by atoms with Crippen molar-refractivity contribution >= 4 is 17.3 Å². The first-order valence-corrected chi connectivity index (χ1v) is 9.98. The fraction of sp³-hybridized carbons (Fsp3) is 0.208.